The van der Waals surface area contributed by atoms with Crippen LogP contribution in [0.5, 0.6) is 0 Å². The number of halogens is 3. The van der Waals surface area contributed by atoms with Gasteiger partial charge in [-0.2, -0.15) is 5.10 Å². The van der Waals surface area contributed by atoms with Crippen LogP contribution in [0.15, 0.2) is 42.7 Å². The van der Waals surface area contributed by atoms with Crippen LogP contribution in [0.3, 0.4) is 0 Å². The molecule has 0 unspecified atom stereocenters. The van der Waals surface area contributed by atoms with E-state index in [1.165, 1.54) is 48.3 Å². The molecule has 3 aliphatic rings. The highest BCUT2D eigenvalue weighted by Gasteiger charge is 2.61. The summed E-state index contributed by atoms with van der Waals surface area (Å²) >= 11 is 6.55. The third-order valence-electron chi connectivity index (χ3n) is 10.9. The number of aromatic nitrogens is 4. The normalized spacial score (nSPS) is 19.1. The summed E-state index contributed by atoms with van der Waals surface area (Å²) in [5.74, 6) is -2.94. The molecular formula is C40H45ClF2N8O6. The van der Waals surface area contributed by atoms with E-state index >= 15 is 8.78 Å². The molecule has 17 heteroatoms. The van der Waals surface area contributed by atoms with E-state index in [4.69, 9.17) is 21.1 Å². The summed E-state index contributed by atoms with van der Waals surface area (Å²) in [5, 5.41) is 7.09. The van der Waals surface area contributed by atoms with Crippen molar-refractivity contribution in [3.63, 3.8) is 0 Å². The molecule has 1 N–H and O–H groups in total. The summed E-state index contributed by atoms with van der Waals surface area (Å²) in [7, 11) is 3.09. The van der Waals surface area contributed by atoms with Gasteiger partial charge in [0.15, 0.2) is 17.5 Å². The number of anilines is 1. The number of carbonyl (C=O) groups is 4. The monoisotopic (exact) mass is 806 g/mol. The number of ether oxygens (including phenoxy) is 2. The van der Waals surface area contributed by atoms with Crippen molar-refractivity contribution in [2.45, 2.75) is 39.8 Å². The fraction of sp³-hybridized carbons (Fsp3) is 0.450. The van der Waals surface area contributed by atoms with Gasteiger partial charge in [0.1, 0.15) is 5.60 Å². The van der Waals surface area contributed by atoms with Gasteiger partial charge in [-0.15, -0.1) is 0 Å². The Balaban J connectivity index is 0.938. The lowest BCUT2D eigenvalue weighted by Gasteiger charge is -2.35. The van der Waals surface area contributed by atoms with E-state index in [0.717, 1.165) is 0 Å². The van der Waals surface area contributed by atoms with Crippen molar-refractivity contribution in [1.82, 2.24) is 34.0 Å². The van der Waals surface area contributed by atoms with Gasteiger partial charge in [0, 0.05) is 87.4 Å². The molecule has 3 atom stereocenters. The average Bonchev–Trinajstić information content (AvgIpc) is 3.46. The molecule has 0 bridgehead atoms. The van der Waals surface area contributed by atoms with Gasteiger partial charge < -0.3 is 34.1 Å². The van der Waals surface area contributed by atoms with Crippen molar-refractivity contribution in [3.05, 3.63) is 76.5 Å². The molecule has 4 amide bonds. The minimum absolute atomic E-state index is 0.0555. The molecule has 4 heterocycles. The number of likely N-dealkylation sites (tertiary alicyclic amines) is 1. The molecule has 0 spiro atoms. The predicted octanol–water partition coefficient (Wildman–Crippen LogP) is 5.49. The first-order valence-corrected chi connectivity index (χ1v) is 19.1. The number of nitrogens with one attached hydrogen (secondary N) is 1. The average molecular weight is 807 g/mol. The quantitative estimate of drug-likeness (QED) is 0.234. The molecule has 3 fully saturated rings. The Morgan fingerprint density at radius 1 is 0.912 bits per heavy atom. The summed E-state index contributed by atoms with van der Waals surface area (Å²) in [6.45, 7) is 10.6. The zero-order valence-electron chi connectivity index (χ0n) is 32.6. The highest BCUT2D eigenvalue weighted by Crippen LogP contribution is 2.53. The largest absolute Gasteiger partial charge is 0.444 e. The Hall–Kier alpha value is -5.35. The van der Waals surface area contributed by atoms with Crippen LogP contribution < -0.4 is 5.32 Å². The maximum absolute atomic E-state index is 15.6. The lowest BCUT2D eigenvalue weighted by atomic mass is 10.0. The van der Waals surface area contributed by atoms with Crippen LogP contribution in [0, 0.1) is 36.3 Å². The zero-order chi connectivity index (χ0) is 40.9. The molecule has 2 aromatic heterocycles. The zero-order valence-corrected chi connectivity index (χ0v) is 33.4. The number of benzene rings is 2. The molecule has 1 saturated carbocycles. The lowest BCUT2D eigenvalue weighted by molar-refractivity contribution is -0.135. The Labute approximate surface area is 333 Å². The smallest absolute Gasteiger partial charge is 0.410 e. The molecule has 0 radical (unpaired) electrons. The van der Waals surface area contributed by atoms with Crippen LogP contribution in [-0.2, 0) is 27.9 Å². The number of amides is 4. The number of hydrogen-bond donors (Lipinski definition) is 1. The SMILES string of the molecule is COCCn1ncc(-c2ccc(-c3cnc(C(=O)Nc4ccc(C(=O)N5CCN(C(=O)[C@H]6[C@@H]7CN(C(=O)OC(C)(C)C)C[C@@H]76)CC5)c(Cl)c4)n3C)c(F)c2F)c1C. The van der Waals surface area contributed by atoms with E-state index in [1.807, 2.05) is 20.8 Å². The third kappa shape index (κ3) is 7.84. The molecule has 2 saturated heterocycles. The Morgan fingerprint density at radius 3 is 2.21 bits per heavy atom. The van der Waals surface area contributed by atoms with Gasteiger partial charge in [0.2, 0.25) is 5.91 Å². The first-order valence-electron chi connectivity index (χ1n) is 18.8. The van der Waals surface area contributed by atoms with E-state index in [-0.39, 0.29) is 68.9 Å². The fourth-order valence-corrected chi connectivity index (χ4v) is 8.03. The van der Waals surface area contributed by atoms with Crippen LogP contribution in [0.2, 0.25) is 5.02 Å². The number of nitrogens with zero attached hydrogens (tertiary/aromatic N) is 7. The van der Waals surface area contributed by atoms with Crippen LogP contribution in [0.1, 0.15) is 47.4 Å². The topological polar surface area (TPSA) is 144 Å². The first-order chi connectivity index (χ1) is 27.1. The van der Waals surface area contributed by atoms with Crippen molar-refractivity contribution in [2.24, 2.45) is 24.8 Å². The van der Waals surface area contributed by atoms with E-state index < -0.39 is 23.1 Å². The van der Waals surface area contributed by atoms with Gasteiger partial charge in [0.25, 0.3) is 11.8 Å². The third-order valence-corrected chi connectivity index (χ3v) is 11.2. The number of imidazole rings is 1. The molecule has 57 heavy (non-hydrogen) atoms. The number of rotatable bonds is 9. The molecule has 1 aliphatic carbocycles. The Morgan fingerprint density at radius 2 is 1.56 bits per heavy atom. The number of piperidine rings is 1. The molecule has 4 aromatic rings. The summed E-state index contributed by atoms with van der Waals surface area (Å²) in [6.07, 6.45) is 2.42. The summed E-state index contributed by atoms with van der Waals surface area (Å²) in [4.78, 5) is 61.8. The second-order valence-electron chi connectivity index (χ2n) is 15.7. The standard InChI is InChI=1S/C40H45ClF2N8O6/c1-22-27(18-45-51(22)15-16-56-6)24-9-10-26(34(43)33(24)42)31-19-44-35(47(31)5)36(52)46-23-7-8-25(30(41)17-23)37(53)48-11-13-49(14-12-48)38(54)32-28-20-50(21-29(28)32)39(55)57-40(2,3)4/h7-10,17-19,28-29,32H,11-16,20-21H2,1-6H3,(H,46,52)/t28-,29+,32+. The Kier molecular flexibility index (Phi) is 10.9. The fourth-order valence-electron chi connectivity index (χ4n) is 7.77. The molecule has 302 valence electrons. The Bertz CT molecular complexity index is 2230. The van der Waals surface area contributed by atoms with E-state index in [2.05, 4.69) is 15.4 Å². The molecule has 14 nitrogen and oxygen atoms in total. The van der Waals surface area contributed by atoms with Gasteiger partial charge in [-0.3, -0.25) is 19.1 Å². The van der Waals surface area contributed by atoms with E-state index in [1.54, 1.807) is 39.5 Å². The van der Waals surface area contributed by atoms with Gasteiger partial charge >= 0.3 is 6.09 Å². The maximum atomic E-state index is 15.6. The van der Waals surface area contributed by atoms with Crippen molar-refractivity contribution in [3.8, 4) is 22.4 Å². The summed E-state index contributed by atoms with van der Waals surface area (Å²) in [6, 6.07) is 7.42. The first kappa shape index (κ1) is 39.9. The van der Waals surface area contributed by atoms with E-state index in [9.17, 15) is 19.2 Å². The van der Waals surface area contributed by atoms with Crippen LogP contribution in [0.25, 0.3) is 22.4 Å². The van der Waals surface area contributed by atoms with E-state index in [0.29, 0.717) is 69.4 Å². The molecule has 2 aromatic carbocycles. The number of methoxy groups -OCH3 is 1. The molecular weight excluding hydrogens is 762 g/mol. The van der Waals surface area contributed by atoms with Crippen molar-refractivity contribution < 1.29 is 37.4 Å². The van der Waals surface area contributed by atoms with Gasteiger partial charge in [0.05, 0.1) is 41.8 Å². The van der Waals surface area contributed by atoms with Crippen molar-refractivity contribution in [1.29, 1.82) is 0 Å². The summed E-state index contributed by atoms with van der Waals surface area (Å²) < 4.78 is 44.6. The van der Waals surface area contributed by atoms with Gasteiger partial charge in [-0.05, 0) is 63.8 Å². The van der Waals surface area contributed by atoms with Crippen molar-refractivity contribution >= 4 is 41.1 Å². The van der Waals surface area contributed by atoms with Crippen LogP contribution >= 0.6 is 11.6 Å². The number of fused-ring (bicyclic) bond motifs is 1. The minimum Gasteiger partial charge on any atom is -0.444 e. The lowest BCUT2D eigenvalue weighted by Crippen LogP contribution is -2.51. The highest BCUT2D eigenvalue weighted by molar-refractivity contribution is 6.34. The molecule has 7 rings (SSSR count). The minimum atomic E-state index is -1.09. The van der Waals surface area contributed by atoms with Gasteiger partial charge in [-0.1, -0.05) is 17.7 Å². The van der Waals surface area contributed by atoms with Crippen molar-refractivity contribution in [2.75, 3.05) is 58.3 Å². The van der Waals surface area contributed by atoms with Gasteiger partial charge in [-0.25, -0.2) is 18.6 Å². The second kappa shape index (κ2) is 15.5. The number of piperazine rings is 1. The number of carbonyl (C=O) groups excluding carboxylic acids is 4. The number of hydrogen-bond acceptors (Lipinski definition) is 8. The summed E-state index contributed by atoms with van der Waals surface area (Å²) in [5.41, 5.74) is 1.23. The molecule has 2 aliphatic heterocycles. The predicted molar refractivity (Wildman–Crippen MR) is 207 cm³/mol. The second-order valence-corrected chi connectivity index (χ2v) is 16.1. The maximum Gasteiger partial charge on any atom is 0.410 e. The van der Waals surface area contributed by atoms with Crippen LogP contribution in [-0.4, -0.2) is 116 Å². The van der Waals surface area contributed by atoms with Crippen LogP contribution in [0.4, 0.5) is 19.3 Å². The highest BCUT2D eigenvalue weighted by atomic mass is 35.5.